The Morgan fingerprint density at radius 2 is 1.88 bits per heavy atom. The predicted octanol–water partition coefficient (Wildman–Crippen LogP) is 2.65. The predicted molar refractivity (Wildman–Crippen MR) is 92.7 cm³/mol. The normalized spacial score (nSPS) is 27.4. The minimum absolute atomic E-state index is 0.0453. The summed E-state index contributed by atoms with van der Waals surface area (Å²) in [4.78, 5) is 14.7. The summed E-state index contributed by atoms with van der Waals surface area (Å²) in [6.07, 6.45) is 4.67. The molecule has 2 atom stereocenters. The Balaban J connectivity index is 1.82. The van der Waals surface area contributed by atoms with Gasteiger partial charge in [-0.1, -0.05) is 6.42 Å². The number of amides is 1. The highest BCUT2D eigenvalue weighted by Crippen LogP contribution is 2.44. The van der Waals surface area contributed by atoms with E-state index in [2.05, 4.69) is 0 Å². The first-order valence-electron chi connectivity index (χ1n) is 8.91. The zero-order valence-corrected chi connectivity index (χ0v) is 15.1. The fourth-order valence-corrected chi connectivity index (χ4v) is 6.16. The largest absolute Gasteiger partial charge is 0.311 e. The quantitative estimate of drug-likeness (QED) is 0.825. The molecule has 130 valence electrons. The molecule has 0 radical (unpaired) electrons. The van der Waals surface area contributed by atoms with Crippen molar-refractivity contribution >= 4 is 21.6 Å². The summed E-state index contributed by atoms with van der Waals surface area (Å²) in [5.74, 6) is -0.141. The van der Waals surface area contributed by atoms with Crippen LogP contribution in [0, 0.1) is 0 Å². The number of hydrogen-bond donors (Lipinski definition) is 0. The van der Waals surface area contributed by atoms with Gasteiger partial charge in [0, 0.05) is 19.1 Å². The second kappa shape index (κ2) is 5.56. The molecule has 0 spiro atoms. The van der Waals surface area contributed by atoms with E-state index in [1.807, 2.05) is 24.8 Å². The molecule has 3 aliphatic rings. The highest BCUT2D eigenvalue weighted by molar-refractivity contribution is 7.89. The zero-order valence-electron chi connectivity index (χ0n) is 14.3. The van der Waals surface area contributed by atoms with Crippen LogP contribution in [0.25, 0.3) is 0 Å². The minimum atomic E-state index is -3.50. The Bertz CT molecular complexity index is 803. The lowest BCUT2D eigenvalue weighted by molar-refractivity contribution is -0.119. The standard InChI is InChI=1S/C18H24N2O3S/c1-12-6-3-4-9-20(12)24(22,23)15-10-14-7-5-8-19-17(14)16(11-15)13(2)18(19)21/h10-13H,3-9H2,1-2H3/t12-,13-/m0/s1. The Morgan fingerprint density at radius 3 is 2.62 bits per heavy atom. The van der Waals surface area contributed by atoms with Gasteiger partial charge in [0.05, 0.1) is 16.5 Å². The van der Waals surface area contributed by atoms with Crippen molar-refractivity contribution in [2.24, 2.45) is 0 Å². The second-order valence-corrected chi connectivity index (χ2v) is 9.19. The monoisotopic (exact) mass is 348 g/mol. The van der Waals surface area contributed by atoms with Crippen LogP contribution in [0.2, 0.25) is 0 Å². The van der Waals surface area contributed by atoms with E-state index < -0.39 is 10.0 Å². The van der Waals surface area contributed by atoms with Gasteiger partial charge in [-0.05, 0) is 62.8 Å². The van der Waals surface area contributed by atoms with Crippen molar-refractivity contribution in [2.45, 2.75) is 62.8 Å². The molecule has 4 rings (SSSR count). The number of piperidine rings is 1. The van der Waals surface area contributed by atoms with Gasteiger partial charge >= 0.3 is 0 Å². The first-order chi connectivity index (χ1) is 11.4. The van der Waals surface area contributed by atoms with Gasteiger partial charge in [0.1, 0.15) is 0 Å². The van der Waals surface area contributed by atoms with Crippen molar-refractivity contribution in [2.75, 3.05) is 18.0 Å². The number of benzene rings is 1. The highest BCUT2D eigenvalue weighted by atomic mass is 32.2. The summed E-state index contributed by atoms with van der Waals surface area (Å²) in [6, 6.07) is 3.61. The van der Waals surface area contributed by atoms with Crippen LogP contribution in [-0.2, 0) is 21.2 Å². The van der Waals surface area contributed by atoms with Gasteiger partial charge in [-0.3, -0.25) is 4.79 Å². The van der Waals surface area contributed by atoms with Crippen molar-refractivity contribution < 1.29 is 13.2 Å². The molecule has 0 saturated carbocycles. The number of anilines is 1. The average molecular weight is 348 g/mol. The topological polar surface area (TPSA) is 57.7 Å². The van der Waals surface area contributed by atoms with E-state index in [1.165, 1.54) is 0 Å². The third kappa shape index (κ3) is 2.23. The van der Waals surface area contributed by atoms with E-state index in [-0.39, 0.29) is 17.9 Å². The van der Waals surface area contributed by atoms with E-state index in [0.717, 1.165) is 55.5 Å². The number of sulfonamides is 1. The molecule has 0 N–H and O–H groups in total. The van der Waals surface area contributed by atoms with E-state index in [1.54, 1.807) is 10.4 Å². The lowest BCUT2D eigenvalue weighted by Gasteiger charge is -2.33. The Labute approximate surface area is 143 Å². The average Bonchev–Trinajstić information content (AvgIpc) is 2.82. The number of nitrogens with zero attached hydrogens (tertiary/aromatic N) is 2. The Kier molecular flexibility index (Phi) is 3.73. The zero-order chi connectivity index (χ0) is 17.1. The Morgan fingerprint density at radius 1 is 1.08 bits per heavy atom. The van der Waals surface area contributed by atoms with Crippen molar-refractivity contribution in [1.29, 1.82) is 0 Å². The van der Waals surface area contributed by atoms with Crippen LogP contribution in [0.3, 0.4) is 0 Å². The number of carbonyl (C=O) groups is 1. The third-order valence-electron chi connectivity index (χ3n) is 5.74. The summed E-state index contributed by atoms with van der Waals surface area (Å²) in [7, 11) is -3.50. The van der Waals surface area contributed by atoms with Crippen LogP contribution >= 0.6 is 0 Å². The van der Waals surface area contributed by atoms with Gasteiger partial charge in [0.2, 0.25) is 15.9 Å². The summed E-state index contributed by atoms with van der Waals surface area (Å²) in [5, 5.41) is 0. The van der Waals surface area contributed by atoms with E-state index >= 15 is 0 Å². The van der Waals surface area contributed by atoms with Crippen molar-refractivity contribution in [3.63, 3.8) is 0 Å². The molecule has 1 aromatic carbocycles. The molecule has 0 bridgehead atoms. The van der Waals surface area contributed by atoms with Crippen LogP contribution in [0.1, 0.15) is 56.6 Å². The first-order valence-corrected chi connectivity index (χ1v) is 10.4. The molecular formula is C18H24N2O3S. The molecule has 3 aliphatic heterocycles. The molecule has 1 saturated heterocycles. The van der Waals surface area contributed by atoms with Crippen LogP contribution < -0.4 is 4.90 Å². The van der Waals surface area contributed by atoms with Gasteiger partial charge in [0.15, 0.2) is 0 Å². The summed E-state index contributed by atoms with van der Waals surface area (Å²) in [5.41, 5.74) is 2.88. The molecular weight excluding hydrogens is 324 g/mol. The molecule has 0 aromatic heterocycles. The van der Waals surface area contributed by atoms with Crippen LogP contribution in [-0.4, -0.2) is 37.8 Å². The van der Waals surface area contributed by atoms with Crippen LogP contribution in [0.5, 0.6) is 0 Å². The number of carbonyl (C=O) groups excluding carboxylic acids is 1. The SMILES string of the molecule is C[C@@H]1C(=O)N2CCCc3cc(S(=O)(=O)N4CCCC[C@@H]4C)cc1c32. The molecule has 5 nitrogen and oxygen atoms in total. The first kappa shape index (κ1) is 16.1. The smallest absolute Gasteiger partial charge is 0.243 e. The molecule has 1 amide bonds. The lowest BCUT2D eigenvalue weighted by atomic mass is 9.97. The van der Waals surface area contributed by atoms with Gasteiger partial charge < -0.3 is 4.90 Å². The van der Waals surface area contributed by atoms with E-state index in [4.69, 9.17) is 0 Å². The molecule has 1 aromatic rings. The van der Waals surface area contributed by atoms with Gasteiger partial charge in [-0.2, -0.15) is 4.31 Å². The maximum atomic E-state index is 13.2. The van der Waals surface area contributed by atoms with Crippen molar-refractivity contribution in [3.8, 4) is 0 Å². The van der Waals surface area contributed by atoms with Gasteiger partial charge in [-0.15, -0.1) is 0 Å². The molecule has 6 heteroatoms. The number of hydrogen-bond acceptors (Lipinski definition) is 3. The second-order valence-electron chi connectivity index (χ2n) is 7.30. The number of rotatable bonds is 2. The van der Waals surface area contributed by atoms with E-state index in [0.29, 0.717) is 11.4 Å². The van der Waals surface area contributed by atoms with E-state index in [9.17, 15) is 13.2 Å². The Hall–Kier alpha value is -1.40. The molecule has 0 aliphatic carbocycles. The summed E-state index contributed by atoms with van der Waals surface area (Å²) in [6.45, 7) is 5.22. The maximum Gasteiger partial charge on any atom is 0.243 e. The maximum absolute atomic E-state index is 13.2. The fraction of sp³-hybridized carbons (Fsp3) is 0.611. The van der Waals surface area contributed by atoms with Crippen LogP contribution in [0.4, 0.5) is 5.69 Å². The fourth-order valence-electron chi connectivity index (χ4n) is 4.38. The molecule has 24 heavy (non-hydrogen) atoms. The van der Waals surface area contributed by atoms with Crippen molar-refractivity contribution in [1.82, 2.24) is 4.31 Å². The van der Waals surface area contributed by atoms with Gasteiger partial charge in [0.25, 0.3) is 0 Å². The minimum Gasteiger partial charge on any atom is -0.311 e. The number of aryl methyl sites for hydroxylation is 1. The highest BCUT2D eigenvalue weighted by Gasteiger charge is 2.40. The lowest BCUT2D eigenvalue weighted by Crippen LogP contribution is -2.42. The summed E-state index contributed by atoms with van der Waals surface area (Å²) < 4.78 is 28.0. The van der Waals surface area contributed by atoms with Crippen LogP contribution in [0.15, 0.2) is 17.0 Å². The van der Waals surface area contributed by atoms with Gasteiger partial charge in [-0.25, -0.2) is 8.42 Å². The molecule has 1 fully saturated rings. The van der Waals surface area contributed by atoms with Crippen molar-refractivity contribution in [3.05, 3.63) is 23.3 Å². The third-order valence-corrected chi connectivity index (χ3v) is 7.73. The molecule has 3 heterocycles. The summed E-state index contributed by atoms with van der Waals surface area (Å²) >= 11 is 0. The molecule has 0 unspecified atom stereocenters.